The van der Waals surface area contributed by atoms with Crippen molar-refractivity contribution in [2.24, 2.45) is 11.8 Å². The van der Waals surface area contributed by atoms with E-state index in [-0.39, 0.29) is 17.3 Å². The summed E-state index contributed by atoms with van der Waals surface area (Å²) in [5.74, 6) is 0.449. The Labute approximate surface area is 263 Å². The number of hydrogen-bond acceptors (Lipinski definition) is 1. The molecule has 2 aliphatic rings. The van der Waals surface area contributed by atoms with E-state index in [1.807, 2.05) is 12.1 Å². The first-order chi connectivity index (χ1) is 19.7. The highest BCUT2D eigenvalue weighted by Gasteiger charge is 2.27. The fraction of sp³-hybridized carbons (Fsp3) is 0.629. The minimum atomic E-state index is -1.21. The molecule has 0 spiro atoms. The summed E-state index contributed by atoms with van der Waals surface area (Å²) in [6.07, 6.45) is 19.6. The van der Waals surface area contributed by atoms with Gasteiger partial charge in [-0.1, -0.05) is 93.3 Å². The molecule has 2 fully saturated rings. The molecule has 2 aromatic carbocycles. The summed E-state index contributed by atoms with van der Waals surface area (Å²) in [6, 6.07) is 8.93. The predicted molar refractivity (Wildman–Crippen MR) is 173 cm³/mol. The maximum atomic E-state index is 14.5. The first-order valence-corrected chi connectivity index (χ1v) is 17.5. The fourth-order valence-corrected chi connectivity index (χ4v) is 7.61. The number of rotatable bonds is 11. The van der Waals surface area contributed by atoms with Crippen molar-refractivity contribution in [2.75, 3.05) is 0 Å². The van der Waals surface area contributed by atoms with Crippen molar-refractivity contribution in [1.82, 2.24) is 0 Å². The zero-order valence-corrected chi connectivity index (χ0v) is 28.0. The van der Waals surface area contributed by atoms with Crippen molar-refractivity contribution in [1.29, 1.82) is 0 Å². The normalized spacial score (nSPS) is 22.6. The zero-order chi connectivity index (χ0) is 29.8. The van der Waals surface area contributed by atoms with Crippen LogP contribution in [0.1, 0.15) is 150 Å². The van der Waals surface area contributed by atoms with E-state index in [1.165, 1.54) is 64.2 Å². The third-order valence-electron chi connectivity index (χ3n) is 9.30. The zero-order valence-electron chi connectivity index (χ0n) is 24.9. The number of unbranched alkanes of at least 4 members (excludes halogenated alkanes) is 4. The quantitative estimate of drug-likeness (QED) is 0.237. The highest BCUT2D eigenvalue weighted by atomic mass is 79.9. The van der Waals surface area contributed by atoms with E-state index in [4.69, 9.17) is 5.11 Å². The van der Waals surface area contributed by atoms with Crippen LogP contribution in [-0.4, -0.2) is 11.1 Å². The molecule has 2 saturated carbocycles. The molecule has 0 amide bonds. The molecule has 4 rings (SSSR count). The Morgan fingerprint density at radius 1 is 0.756 bits per heavy atom. The molecular weight excluding hydrogens is 650 g/mol. The molecule has 0 bridgehead atoms. The van der Waals surface area contributed by atoms with Crippen LogP contribution < -0.4 is 0 Å². The van der Waals surface area contributed by atoms with E-state index in [1.54, 1.807) is 18.2 Å². The first-order valence-electron chi connectivity index (χ1n) is 15.9. The predicted octanol–water partition coefficient (Wildman–Crippen LogP) is 12.6. The van der Waals surface area contributed by atoms with Gasteiger partial charge in [-0.3, -0.25) is 0 Å². The van der Waals surface area contributed by atoms with Gasteiger partial charge in [0.25, 0.3) is 0 Å². The van der Waals surface area contributed by atoms with Gasteiger partial charge in [0.15, 0.2) is 0 Å². The highest BCUT2D eigenvalue weighted by Crippen LogP contribution is 2.41. The third-order valence-corrected chi connectivity index (χ3v) is 10.5. The molecule has 0 radical (unpaired) electrons. The van der Waals surface area contributed by atoms with Crippen LogP contribution >= 0.6 is 31.9 Å². The topological polar surface area (TPSA) is 37.3 Å². The van der Waals surface area contributed by atoms with Crippen molar-refractivity contribution in [3.63, 3.8) is 0 Å². The van der Waals surface area contributed by atoms with Crippen LogP contribution in [0.5, 0.6) is 0 Å². The minimum absolute atomic E-state index is 0.0381. The summed E-state index contributed by atoms with van der Waals surface area (Å²) in [6.45, 7) is 4.47. The number of halogens is 4. The number of aromatic carboxylic acids is 1. The van der Waals surface area contributed by atoms with Gasteiger partial charge in [-0.2, -0.15) is 0 Å². The van der Waals surface area contributed by atoms with Gasteiger partial charge in [0.2, 0.25) is 0 Å². The monoisotopic (exact) mass is 696 g/mol. The van der Waals surface area contributed by atoms with Crippen molar-refractivity contribution < 1.29 is 18.7 Å². The van der Waals surface area contributed by atoms with Crippen LogP contribution in [0.4, 0.5) is 8.78 Å². The van der Waals surface area contributed by atoms with Crippen LogP contribution in [0.2, 0.25) is 0 Å². The largest absolute Gasteiger partial charge is 0.478 e. The van der Waals surface area contributed by atoms with Crippen molar-refractivity contribution in [2.45, 2.75) is 128 Å². The molecule has 0 aromatic heterocycles. The maximum Gasteiger partial charge on any atom is 0.339 e. The molecule has 1 N–H and O–H groups in total. The summed E-state index contributed by atoms with van der Waals surface area (Å²) in [7, 11) is 0. The molecule has 0 saturated heterocycles. The lowest BCUT2D eigenvalue weighted by Crippen LogP contribution is -2.16. The van der Waals surface area contributed by atoms with Crippen molar-refractivity contribution >= 4 is 37.8 Å². The molecule has 228 valence electrons. The SMILES string of the molecule is CCCCCC1CCC(c2ccc(Br)c(C(=O)O)c2F)CC1.CCCCCC1CCC(c2ccc(Br)cc2F)CC1. The third kappa shape index (κ3) is 10.4. The molecule has 0 heterocycles. The number of carbonyl (C=O) groups is 1. The Kier molecular flexibility index (Phi) is 14.8. The van der Waals surface area contributed by atoms with Crippen LogP contribution in [0.25, 0.3) is 0 Å². The average Bonchev–Trinajstić information content (AvgIpc) is 2.95. The molecule has 6 heteroatoms. The minimum Gasteiger partial charge on any atom is -0.478 e. The highest BCUT2D eigenvalue weighted by molar-refractivity contribution is 9.10. The van der Waals surface area contributed by atoms with Gasteiger partial charge in [-0.25, -0.2) is 13.6 Å². The number of carboxylic acid groups (broad SMARTS) is 1. The van der Waals surface area contributed by atoms with Gasteiger partial charge in [0.05, 0.1) is 0 Å². The van der Waals surface area contributed by atoms with Crippen molar-refractivity contribution in [3.05, 3.63) is 67.6 Å². The number of carboxylic acids is 1. The van der Waals surface area contributed by atoms with Gasteiger partial charge in [-0.05, 0) is 120 Å². The Morgan fingerprint density at radius 2 is 1.24 bits per heavy atom. The lowest BCUT2D eigenvalue weighted by Gasteiger charge is -2.29. The second-order valence-corrected chi connectivity index (χ2v) is 14.0. The van der Waals surface area contributed by atoms with E-state index in [2.05, 4.69) is 45.7 Å². The fourth-order valence-electron chi connectivity index (χ4n) is 6.80. The van der Waals surface area contributed by atoms with Crippen molar-refractivity contribution in [3.8, 4) is 0 Å². The lowest BCUT2D eigenvalue weighted by atomic mass is 9.76. The molecule has 2 aliphatic carbocycles. The summed E-state index contributed by atoms with van der Waals surface area (Å²) in [4.78, 5) is 11.2. The van der Waals surface area contributed by atoms with E-state index in [0.717, 1.165) is 60.4 Å². The Balaban J connectivity index is 0.000000228. The molecule has 2 nitrogen and oxygen atoms in total. The van der Waals surface area contributed by atoms with Gasteiger partial charge in [-0.15, -0.1) is 0 Å². The van der Waals surface area contributed by atoms with E-state index >= 15 is 0 Å². The molecule has 0 unspecified atom stereocenters. The van der Waals surface area contributed by atoms with Crippen LogP contribution in [-0.2, 0) is 0 Å². The second-order valence-electron chi connectivity index (χ2n) is 12.2. The molecule has 0 aliphatic heterocycles. The van der Waals surface area contributed by atoms with E-state index < -0.39 is 11.8 Å². The Hall–Kier alpha value is -1.27. The van der Waals surface area contributed by atoms with Gasteiger partial charge < -0.3 is 5.11 Å². The first kappa shape index (κ1) is 34.2. The van der Waals surface area contributed by atoms with Gasteiger partial charge in [0.1, 0.15) is 17.2 Å². The van der Waals surface area contributed by atoms with Crippen LogP contribution in [0, 0.1) is 23.5 Å². The Bertz CT molecular complexity index is 1090. The summed E-state index contributed by atoms with van der Waals surface area (Å²) >= 11 is 6.45. The standard InChI is InChI=1S/C18H24BrFO2.C17H24BrF/c1-2-3-4-5-12-6-8-13(9-7-12)14-10-11-15(19)16(17(14)20)18(21)22;1-2-3-4-5-13-6-8-14(9-7-13)16-11-10-15(18)12-17(16)19/h10-13H,2-9H2,1H3,(H,21,22);10-14H,2-9H2,1H3. The molecule has 2 aromatic rings. The van der Waals surface area contributed by atoms with E-state index in [0.29, 0.717) is 16.0 Å². The smallest absolute Gasteiger partial charge is 0.339 e. The second kappa shape index (κ2) is 17.8. The maximum absolute atomic E-state index is 14.5. The van der Waals surface area contributed by atoms with Gasteiger partial charge >= 0.3 is 5.97 Å². The van der Waals surface area contributed by atoms with Gasteiger partial charge in [0, 0.05) is 8.95 Å². The summed E-state index contributed by atoms with van der Waals surface area (Å²) in [5.41, 5.74) is 1.27. The lowest BCUT2D eigenvalue weighted by molar-refractivity contribution is 0.0690. The molecular formula is C35H48Br2F2O2. The Morgan fingerprint density at radius 3 is 1.71 bits per heavy atom. The molecule has 0 atom stereocenters. The number of benzene rings is 2. The summed E-state index contributed by atoms with van der Waals surface area (Å²) in [5, 5.41) is 9.16. The number of hydrogen-bond donors (Lipinski definition) is 1. The molecule has 41 heavy (non-hydrogen) atoms. The van der Waals surface area contributed by atoms with Crippen LogP contribution in [0.15, 0.2) is 39.3 Å². The van der Waals surface area contributed by atoms with Crippen LogP contribution in [0.3, 0.4) is 0 Å². The summed E-state index contributed by atoms with van der Waals surface area (Å²) < 4.78 is 29.6. The average molecular weight is 699 g/mol. The van der Waals surface area contributed by atoms with E-state index in [9.17, 15) is 13.6 Å².